The van der Waals surface area contributed by atoms with Crippen LogP contribution in [0.25, 0.3) is 0 Å². The maximum Gasteiger partial charge on any atom is 0.241 e. The Kier molecular flexibility index (Phi) is 4.27. The van der Waals surface area contributed by atoms with Crippen molar-refractivity contribution in [3.8, 4) is 0 Å². The minimum Gasteiger partial charge on any atom is -0.321 e. The molecule has 0 aliphatic carbocycles. The highest BCUT2D eigenvalue weighted by molar-refractivity contribution is 5.84. The van der Waals surface area contributed by atoms with E-state index < -0.39 is 0 Å². The van der Waals surface area contributed by atoms with Crippen molar-refractivity contribution in [2.24, 2.45) is 5.92 Å². The van der Waals surface area contributed by atoms with Crippen molar-refractivity contribution >= 4 is 5.91 Å². The smallest absolute Gasteiger partial charge is 0.241 e. The highest BCUT2D eigenvalue weighted by Crippen LogP contribution is 2.29. The molecule has 114 valence electrons. The van der Waals surface area contributed by atoms with E-state index in [2.05, 4.69) is 41.2 Å². The fourth-order valence-corrected chi connectivity index (χ4v) is 3.53. The van der Waals surface area contributed by atoms with Crippen LogP contribution >= 0.6 is 0 Å². The topological polar surface area (TPSA) is 35.6 Å². The number of nitrogens with zero attached hydrogens (tertiary/aromatic N) is 2. The lowest BCUT2D eigenvalue weighted by atomic mass is 10.1. The highest BCUT2D eigenvalue weighted by Gasteiger charge is 2.39. The molecule has 2 heterocycles. The third-order valence-electron chi connectivity index (χ3n) is 4.72. The van der Waals surface area contributed by atoms with E-state index in [1.54, 1.807) is 0 Å². The number of benzene rings is 1. The zero-order valence-corrected chi connectivity index (χ0v) is 13.0. The third-order valence-corrected chi connectivity index (χ3v) is 4.72. The molecule has 1 aromatic carbocycles. The minimum absolute atomic E-state index is 0.0330. The molecule has 4 heteroatoms. The molecule has 3 atom stereocenters. The molecule has 0 spiro atoms. The second-order valence-corrected chi connectivity index (χ2v) is 6.35. The van der Waals surface area contributed by atoms with Crippen molar-refractivity contribution in [2.45, 2.75) is 32.0 Å². The molecule has 2 aliphatic heterocycles. The maximum atomic E-state index is 12.6. The second kappa shape index (κ2) is 6.16. The third kappa shape index (κ3) is 2.97. The zero-order valence-electron chi connectivity index (χ0n) is 13.0. The van der Waals surface area contributed by atoms with Crippen molar-refractivity contribution in [3.05, 3.63) is 35.9 Å². The van der Waals surface area contributed by atoms with Gasteiger partial charge in [-0.25, -0.2) is 0 Å². The van der Waals surface area contributed by atoms with Crippen molar-refractivity contribution in [2.75, 3.05) is 26.7 Å². The summed E-state index contributed by atoms with van der Waals surface area (Å²) in [7, 11) is 2.16. The van der Waals surface area contributed by atoms with Gasteiger partial charge in [-0.2, -0.15) is 0 Å². The summed E-state index contributed by atoms with van der Waals surface area (Å²) in [6, 6.07) is 10.3. The van der Waals surface area contributed by atoms with Crippen LogP contribution in [0.15, 0.2) is 30.3 Å². The number of likely N-dealkylation sites (tertiary alicyclic amines) is 1. The zero-order chi connectivity index (χ0) is 14.8. The summed E-state index contributed by atoms with van der Waals surface area (Å²) in [5.41, 5.74) is 1.19. The Balaban J connectivity index is 1.78. The van der Waals surface area contributed by atoms with E-state index in [4.69, 9.17) is 0 Å². The number of nitrogens with one attached hydrogen (secondary N) is 1. The van der Waals surface area contributed by atoms with E-state index in [0.717, 1.165) is 26.1 Å². The van der Waals surface area contributed by atoms with E-state index in [1.807, 2.05) is 18.2 Å². The molecule has 3 unspecified atom stereocenters. The van der Waals surface area contributed by atoms with Crippen molar-refractivity contribution < 1.29 is 4.79 Å². The summed E-state index contributed by atoms with van der Waals surface area (Å²) in [5, 5.41) is 3.50. The van der Waals surface area contributed by atoms with Crippen LogP contribution in [0.2, 0.25) is 0 Å². The Bertz CT molecular complexity index is 490. The first-order chi connectivity index (χ1) is 10.2. The lowest BCUT2D eigenvalue weighted by Crippen LogP contribution is -2.36. The summed E-state index contributed by atoms with van der Waals surface area (Å²) >= 11 is 0. The predicted molar refractivity (Wildman–Crippen MR) is 83.7 cm³/mol. The molecule has 3 rings (SSSR count). The molecule has 0 bridgehead atoms. The van der Waals surface area contributed by atoms with Gasteiger partial charge in [0.05, 0.1) is 6.04 Å². The molecule has 0 aromatic heterocycles. The first-order valence-corrected chi connectivity index (χ1v) is 7.99. The van der Waals surface area contributed by atoms with E-state index in [1.165, 1.54) is 12.0 Å². The summed E-state index contributed by atoms with van der Waals surface area (Å²) in [4.78, 5) is 17.1. The van der Waals surface area contributed by atoms with Crippen molar-refractivity contribution in [1.29, 1.82) is 0 Å². The van der Waals surface area contributed by atoms with Gasteiger partial charge in [-0.05, 0) is 37.9 Å². The molecule has 1 amide bonds. The molecule has 21 heavy (non-hydrogen) atoms. The molecule has 2 fully saturated rings. The van der Waals surface area contributed by atoms with Gasteiger partial charge < -0.3 is 9.80 Å². The normalized spacial score (nSPS) is 30.3. The lowest BCUT2D eigenvalue weighted by molar-refractivity contribution is -0.130. The Morgan fingerprint density at radius 1 is 1.29 bits per heavy atom. The molecule has 2 aliphatic rings. The van der Waals surface area contributed by atoms with Crippen LogP contribution in [0.1, 0.15) is 31.5 Å². The second-order valence-electron chi connectivity index (χ2n) is 6.35. The van der Waals surface area contributed by atoms with Crippen LogP contribution in [-0.2, 0) is 4.79 Å². The van der Waals surface area contributed by atoms with E-state index in [0.29, 0.717) is 5.92 Å². The van der Waals surface area contributed by atoms with Gasteiger partial charge in [0.1, 0.15) is 6.17 Å². The standard InChI is InChI=1S/C17H25N3O/c1-3-15-17(21)20(12-13-9-10-19(2)11-13)16(18-15)14-7-5-4-6-8-14/h4-8,13,15-16,18H,3,9-12H2,1-2H3. The van der Waals surface area contributed by atoms with Crippen molar-refractivity contribution in [1.82, 2.24) is 15.1 Å². The van der Waals surface area contributed by atoms with Crippen LogP contribution in [0, 0.1) is 5.92 Å². The molecule has 4 nitrogen and oxygen atoms in total. The lowest BCUT2D eigenvalue weighted by Gasteiger charge is -2.27. The van der Waals surface area contributed by atoms with Crippen LogP contribution in [0.4, 0.5) is 0 Å². The number of carbonyl (C=O) groups is 1. The molecule has 0 radical (unpaired) electrons. The average Bonchev–Trinajstić information content (AvgIpc) is 3.05. The quantitative estimate of drug-likeness (QED) is 0.918. The molecule has 1 aromatic rings. The highest BCUT2D eigenvalue weighted by atomic mass is 16.2. The monoisotopic (exact) mass is 287 g/mol. The van der Waals surface area contributed by atoms with E-state index in [-0.39, 0.29) is 18.1 Å². The summed E-state index contributed by atoms with van der Waals surface area (Å²) in [6.45, 7) is 5.19. The number of amides is 1. The summed E-state index contributed by atoms with van der Waals surface area (Å²) < 4.78 is 0. The minimum atomic E-state index is -0.0330. The van der Waals surface area contributed by atoms with Gasteiger partial charge in [-0.15, -0.1) is 0 Å². The largest absolute Gasteiger partial charge is 0.321 e. The number of hydrogen-bond acceptors (Lipinski definition) is 3. The predicted octanol–water partition coefficient (Wildman–Crippen LogP) is 1.85. The summed E-state index contributed by atoms with van der Waals surface area (Å²) in [5.74, 6) is 0.864. The number of rotatable bonds is 4. The Labute approximate surface area is 127 Å². The van der Waals surface area contributed by atoms with Gasteiger partial charge >= 0.3 is 0 Å². The van der Waals surface area contributed by atoms with Crippen LogP contribution in [0.5, 0.6) is 0 Å². The van der Waals surface area contributed by atoms with Gasteiger partial charge in [0.25, 0.3) is 0 Å². The molecule has 1 N–H and O–H groups in total. The molecular weight excluding hydrogens is 262 g/mol. The maximum absolute atomic E-state index is 12.6. The van der Waals surface area contributed by atoms with Gasteiger partial charge in [0.2, 0.25) is 5.91 Å². The fraction of sp³-hybridized carbons (Fsp3) is 0.588. The van der Waals surface area contributed by atoms with Gasteiger partial charge in [0, 0.05) is 13.1 Å². The average molecular weight is 287 g/mol. The van der Waals surface area contributed by atoms with Gasteiger partial charge in [-0.1, -0.05) is 37.3 Å². The first-order valence-electron chi connectivity index (χ1n) is 7.99. The summed E-state index contributed by atoms with van der Waals surface area (Å²) in [6.07, 6.45) is 2.08. The van der Waals surface area contributed by atoms with Crippen LogP contribution < -0.4 is 5.32 Å². The molecule has 2 saturated heterocycles. The Morgan fingerprint density at radius 2 is 2.05 bits per heavy atom. The number of carbonyl (C=O) groups excluding carboxylic acids is 1. The van der Waals surface area contributed by atoms with Crippen LogP contribution in [0.3, 0.4) is 0 Å². The Morgan fingerprint density at radius 3 is 2.67 bits per heavy atom. The SMILES string of the molecule is CCC1NC(c2ccccc2)N(CC2CCN(C)C2)C1=O. The van der Waals surface area contributed by atoms with Crippen molar-refractivity contribution in [3.63, 3.8) is 0 Å². The van der Waals surface area contributed by atoms with E-state index in [9.17, 15) is 4.79 Å². The first kappa shape index (κ1) is 14.5. The van der Waals surface area contributed by atoms with Gasteiger partial charge in [0.15, 0.2) is 0 Å². The molecular formula is C17H25N3O. The molecule has 0 saturated carbocycles. The van der Waals surface area contributed by atoms with Crippen LogP contribution in [-0.4, -0.2) is 48.4 Å². The van der Waals surface area contributed by atoms with Gasteiger partial charge in [-0.3, -0.25) is 10.1 Å². The number of hydrogen-bond donors (Lipinski definition) is 1. The van der Waals surface area contributed by atoms with E-state index >= 15 is 0 Å². The Hall–Kier alpha value is -1.39. The fourth-order valence-electron chi connectivity index (χ4n) is 3.53.